The number of hydrogen-bond acceptors (Lipinski definition) is 4. The number of carboxylic acids is 1. The molecule has 0 aliphatic carbocycles. The van der Waals surface area contributed by atoms with Crippen LogP contribution in [0.3, 0.4) is 0 Å². The summed E-state index contributed by atoms with van der Waals surface area (Å²) < 4.78 is 27.4. The molecule has 0 aromatic heterocycles. The van der Waals surface area contributed by atoms with Crippen LogP contribution in [-0.4, -0.2) is 37.0 Å². The van der Waals surface area contributed by atoms with Gasteiger partial charge >= 0.3 is 5.97 Å². The Bertz CT molecular complexity index is 604. The van der Waals surface area contributed by atoms with Gasteiger partial charge in [-0.15, -0.1) is 0 Å². The van der Waals surface area contributed by atoms with E-state index in [9.17, 15) is 13.2 Å². The SMILES string of the molecule is CCSCCC(C)NS(=O)(=O)c1ccc(Br)c(C(=O)O)c1. The summed E-state index contributed by atoms with van der Waals surface area (Å²) in [6.07, 6.45) is 0.722. The number of benzene rings is 1. The fraction of sp³-hybridized carbons (Fsp3) is 0.462. The molecule has 0 spiro atoms. The van der Waals surface area contributed by atoms with Crippen molar-refractivity contribution in [2.45, 2.75) is 31.2 Å². The highest BCUT2D eigenvalue weighted by atomic mass is 79.9. The summed E-state index contributed by atoms with van der Waals surface area (Å²) in [7, 11) is -3.71. The third-order valence-electron chi connectivity index (χ3n) is 2.73. The maximum absolute atomic E-state index is 12.2. The van der Waals surface area contributed by atoms with Gasteiger partial charge in [0.15, 0.2) is 0 Å². The highest BCUT2D eigenvalue weighted by Crippen LogP contribution is 2.21. The lowest BCUT2D eigenvalue weighted by Crippen LogP contribution is -2.33. The fourth-order valence-corrected chi connectivity index (χ4v) is 4.16. The molecule has 5 nitrogen and oxygen atoms in total. The number of nitrogens with one attached hydrogen (secondary N) is 1. The average Bonchev–Trinajstić information content (AvgIpc) is 2.38. The number of carboxylic acid groups (broad SMARTS) is 1. The smallest absolute Gasteiger partial charge is 0.336 e. The van der Waals surface area contributed by atoms with E-state index < -0.39 is 16.0 Å². The maximum atomic E-state index is 12.2. The lowest BCUT2D eigenvalue weighted by atomic mass is 10.2. The number of carbonyl (C=O) groups is 1. The molecule has 0 bridgehead atoms. The molecule has 0 aliphatic heterocycles. The molecule has 21 heavy (non-hydrogen) atoms. The number of sulfonamides is 1. The summed E-state index contributed by atoms with van der Waals surface area (Å²) in [5, 5.41) is 9.03. The van der Waals surface area contributed by atoms with Gasteiger partial charge in [-0.1, -0.05) is 6.92 Å². The van der Waals surface area contributed by atoms with Gasteiger partial charge in [-0.25, -0.2) is 17.9 Å². The second-order valence-corrected chi connectivity index (χ2v) is 8.42. The molecule has 0 saturated carbocycles. The minimum absolute atomic E-state index is 0.0434. The standard InChI is InChI=1S/C13H18BrNO4S2/c1-3-20-7-6-9(2)15-21(18,19)10-4-5-12(14)11(8-10)13(16)17/h4-5,8-9,15H,3,6-7H2,1-2H3,(H,16,17). The normalized spacial score (nSPS) is 13.1. The van der Waals surface area contributed by atoms with Crippen molar-refractivity contribution in [3.63, 3.8) is 0 Å². The number of aromatic carboxylic acids is 1. The molecule has 0 saturated heterocycles. The minimum Gasteiger partial charge on any atom is -0.478 e. The Balaban J connectivity index is 2.88. The van der Waals surface area contributed by atoms with E-state index >= 15 is 0 Å². The van der Waals surface area contributed by atoms with Gasteiger partial charge in [0.25, 0.3) is 0 Å². The molecule has 0 amide bonds. The molecule has 1 unspecified atom stereocenters. The molecule has 1 rings (SSSR count). The summed E-state index contributed by atoms with van der Waals surface area (Å²) in [4.78, 5) is 11.0. The molecule has 0 radical (unpaired) electrons. The molecule has 0 heterocycles. The molecular formula is C13H18BrNO4S2. The van der Waals surface area contributed by atoms with Crippen molar-refractivity contribution in [3.05, 3.63) is 28.2 Å². The van der Waals surface area contributed by atoms with Gasteiger partial charge in [-0.05, 0) is 59.0 Å². The van der Waals surface area contributed by atoms with Crippen LogP contribution in [0.15, 0.2) is 27.6 Å². The molecule has 0 aliphatic rings. The molecular weight excluding hydrogens is 378 g/mol. The van der Waals surface area contributed by atoms with Crippen LogP contribution in [0.2, 0.25) is 0 Å². The minimum atomic E-state index is -3.71. The predicted molar refractivity (Wildman–Crippen MR) is 88.5 cm³/mol. The van der Waals surface area contributed by atoms with Crippen molar-refractivity contribution in [3.8, 4) is 0 Å². The summed E-state index contributed by atoms with van der Waals surface area (Å²) in [5.41, 5.74) is -0.0768. The van der Waals surface area contributed by atoms with Gasteiger partial charge in [0.05, 0.1) is 10.5 Å². The first-order chi connectivity index (χ1) is 9.77. The fourth-order valence-electron chi connectivity index (χ4n) is 1.63. The Morgan fingerprint density at radius 3 is 2.71 bits per heavy atom. The van der Waals surface area contributed by atoms with Crippen molar-refractivity contribution in [1.29, 1.82) is 0 Å². The summed E-state index contributed by atoms with van der Waals surface area (Å²) >= 11 is 4.84. The van der Waals surface area contributed by atoms with Crippen LogP contribution in [0.4, 0.5) is 0 Å². The van der Waals surface area contributed by atoms with Crippen LogP contribution < -0.4 is 4.72 Å². The van der Waals surface area contributed by atoms with Gasteiger partial charge in [0, 0.05) is 10.5 Å². The Morgan fingerprint density at radius 1 is 1.48 bits per heavy atom. The Kier molecular flexibility index (Phi) is 7.19. The Hall–Kier alpha value is -0.570. The molecule has 0 fully saturated rings. The van der Waals surface area contributed by atoms with Crippen molar-refractivity contribution in [1.82, 2.24) is 4.72 Å². The highest BCUT2D eigenvalue weighted by molar-refractivity contribution is 9.10. The number of hydrogen-bond donors (Lipinski definition) is 2. The Labute approximate surface area is 137 Å². The van der Waals surface area contributed by atoms with Crippen molar-refractivity contribution >= 4 is 43.7 Å². The molecule has 1 aromatic rings. The van der Waals surface area contributed by atoms with E-state index in [4.69, 9.17) is 5.11 Å². The number of rotatable bonds is 8. The lowest BCUT2D eigenvalue weighted by molar-refractivity contribution is 0.0695. The predicted octanol–water partition coefficient (Wildman–Crippen LogP) is 2.96. The van der Waals surface area contributed by atoms with Gasteiger partial charge < -0.3 is 5.11 Å². The summed E-state index contributed by atoms with van der Waals surface area (Å²) in [6, 6.07) is 3.76. The van der Waals surface area contributed by atoms with Crippen molar-refractivity contribution in [2.75, 3.05) is 11.5 Å². The summed E-state index contributed by atoms with van der Waals surface area (Å²) in [5.74, 6) is 0.695. The van der Waals surface area contributed by atoms with Gasteiger partial charge in [0.2, 0.25) is 10.0 Å². The van der Waals surface area contributed by atoms with Crippen LogP contribution in [0.1, 0.15) is 30.6 Å². The van der Waals surface area contributed by atoms with E-state index in [-0.39, 0.29) is 16.5 Å². The first-order valence-corrected chi connectivity index (χ1v) is 9.84. The second-order valence-electron chi connectivity index (χ2n) is 4.45. The third kappa shape index (κ3) is 5.61. The maximum Gasteiger partial charge on any atom is 0.336 e. The largest absolute Gasteiger partial charge is 0.478 e. The molecule has 2 N–H and O–H groups in total. The average molecular weight is 396 g/mol. The number of thioether (sulfide) groups is 1. The van der Waals surface area contributed by atoms with Crippen LogP contribution in [0, 0.1) is 0 Å². The van der Waals surface area contributed by atoms with E-state index in [1.807, 2.05) is 0 Å². The monoisotopic (exact) mass is 395 g/mol. The molecule has 8 heteroatoms. The summed E-state index contributed by atoms with van der Waals surface area (Å²) in [6.45, 7) is 3.85. The van der Waals surface area contributed by atoms with Crippen LogP contribution in [0.25, 0.3) is 0 Å². The highest BCUT2D eigenvalue weighted by Gasteiger charge is 2.20. The second kappa shape index (κ2) is 8.17. The van der Waals surface area contributed by atoms with E-state index in [2.05, 4.69) is 27.6 Å². The first-order valence-electron chi connectivity index (χ1n) is 6.41. The van der Waals surface area contributed by atoms with E-state index in [0.29, 0.717) is 4.47 Å². The lowest BCUT2D eigenvalue weighted by Gasteiger charge is -2.14. The van der Waals surface area contributed by atoms with Crippen LogP contribution in [0.5, 0.6) is 0 Å². The van der Waals surface area contributed by atoms with Crippen molar-refractivity contribution in [2.24, 2.45) is 0 Å². The van der Waals surface area contributed by atoms with Crippen LogP contribution >= 0.6 is 27.7 Å². The van der Waals surface area contributed by atoms with E-state index in [1.54, 1.807) is 18.7 Å². The third-order valence-corrected chi connectivity index (χ3v) is 5.95. The van der Waals surface area contributed by atoms with Crippen LogP contribution in [-0.2, 0) is 10.0 Å². The first kappa shape index (κ1) is 18.5. The topological polar surface area (TPSA) is 83.5 Å². The zero-order chi connectivity index (χ0) is 16.0. The van der Waals surface area contributed by atoms with Gasteiger partial charge in [-0.2, -0.15) is 11.8 Å². The zero-order valence-corrected chi connectivity index (χ0v) is 15.0. The van der Waals surface area contributed by atoms with E-state index in [0.717, 1.165) is 24.0 Å². The molecule has 1 aromatic carbocycles. The molecule has 118 valence electrons. The number of halogens is 1. The Morgan fingerprint density at radius 2 is 2.14 bits per heavy atom. The van der Waals surface area contributed by atoms with Gasteiger partial charge in [-0.3, -0.25) is 0 Å². The molecule has 1 atom stereocenters. The van der Waals surface area contributed by atoms with Gasteiger partial charge in [0.1, 0.15) is 0 Å². The zero-order valence-electron chi connectivity index (χ0n) is 11.8. The van der Waals surface area contributed by atoms with Crippen molar-refractivity contribution < 1.29 is 18.3 Å². The quantitative estimate of drug-likeness (QED) is 0.661. The van der Waals surface area contributed by atoms with E-state index in [1.165, 1.54) is 12.1 Å².